The lowest BCUT2D eigenvalue weighted by atomic mass is 9.95. The van der Waals surface area contributed by atoms with E-state index < -0.39 is 0 Å². The zero-order valence-electron chi connectivity index (χ0n) is 16.3. The van der Waals surface area contributed by atoms with E-state index in [0.717, 1.165) is 12.8 Å². The second-order valence-corrected chi connectivity index (χ2v) is 7.42. The smallest absolute Gasteiger partial charge is 0.123 e. The quantitative estimate of drug-likeness (QED) is 0.174. The van der Waals surface area contributed by atoms with Crippen LogP contribution in [0.3, 0.4) is 0 Å². The lowest BCUT2D eigenvalue weighted by Crippen LogP contribution is -2.02. The molecule has 0 spiro atoms. The number of rotatable bonds is 19. The van der Waals surface area contributed by atoms with Gasteiger partial charge in [0.1, 0.15) is 6.29 Å². The van der Waals surface area contributed by atoms with Crippen LogP contribution in [0.15, 0.2) is 0 Å². The molecule has 0 radical (unpaired) electrons. The van der Waals surface area contributed by atoms with E-state index in [1.54, 1.807) is 0 Å². The van der Waals surface area contributed by atoms with Gasteiger partial charge < -0.3 is 4.79 Å². The zero-order valence-corrected chi connectivity index (χ0v) is 16.3. The van der Waals surface area contributed by atoms with Crippen molar-refractivity contribution in [2.24, 2.45) is 5.92 Å². The molecule has 0 heterocycles. The first kappa shape index (κ1) is 22.7. The Hall–Kier alpha value is -0.330. The van der Waals surface area contributed by atoms with Crippen LogP contribution in [0.25, 0.3) is 0 Å². The Morgan fingerprint density at radius 3 is 1.13 bits per heavy atom. The molecular weight excluding hydrogens is 280 g/mol. The third kappa shape index (κ3) is 17.9. The van der Waals surface area contributed by atoms with Gasteiger partial charge in [0.05, 0.1) is 0 Å². The average molecular weight is 325 g/mol. The van der Waals surface area contributed by atoms with Crippen molar-refractivity contribution in [2.45, 2.75) is 129 Å². The van der Waals surface area contributed by atoms with Crippen molar-refractivity contribution in [1.29, 1.82) is 0 Å². The maximum absolute atomic E-state index is 11.1. The summed E-state index contributed by atoms with van der Waals surface area (Å²) in [5.41, 5.74) is 0. The SMILES string of the molecule is CCCCCCCCCCCCC[C@H](C=O)CCCCCCC. The van der Waals surface area contributed by atoms with Crippen LogP contribution in [0.5, 0.6) is 0 Å². The maximum atomic E-state index is 11.1. The van der Waals surface area contributed by atoms with E-state index in [1.165, 1.54) is 109 Å². The molecule has 0 fully saturated rings. The van der Waals surface area contributed by atoms with Crippen LogP contribution in [0.2, 0.25) is 0 Å². The molecule has 0 rings (SSSR count). The molecule has 1 heteroatoms. The van der Waals surface area contributed by atoms with Gasteiger partial charge in [0.15, 0.2) is 0 Å². The van der Waals surface area contributed by atoms with Crippen molar-refractivity contribution < 1.29 is 4.79 Å². The number of hydrogen-bond donors (Lipinski definition) is 0. The second kappa shape index (κ2) is 19.7. The fourth-order valence-electron chi connectivity index (χ4n) is 3.36. The van der Waals surface area contributed by atoms with Gasteiger partial charge in [-0.05, 0) is 12.8 Å². The van der Waals surface area contributed by atoms with Gasteiger partial charge in [-0.15, -0.1) is 0 Å². The van der Waals surface area contributed by atoms with Gasteiger partial charge in [0.2, 0.25) is 0 Å². The van der Waals surface area contributed by atoms with Crippen LogP contribution in [0.1, 0.15) is 129 Å². The molecule has 0 aromatic heterocycles. The van der Waals surface area contributed by atoms with E-state index in [9.17, 15) is 4.79 Å². The molecule has 1 atom stereocenters. The van der Waals surface area contributed by atoms with E-state index in [-0.39, 0.29) is 0 Å². The molecule has 0 aliphatic rings. The van der Waals surface area contributed by atoms with Crippen LogP contribution < -0.4 is 0 Å². The van der Waals surface area contributed by atoms with E-state index in [1.807, 2.05) is 0 Å². The molecule has 0 amide bonds. The molecule has 0 N–H and O–H groups in total. The standard InChI is InChI=1S/C22H44O/c1-3-5-7-9-10-11-12-13-14-16-18-20-22(21-23)19-17-15-8-6-4-2/h21-22H,3-20H2,1-2H3/t22-/m1/s1. The van der Waals surface area contributed by atoms with Gasteiger partial charge in [-0.2, -0.15) is 0 Å². The molecule has 23 heavy (non-hydrogen) atoms. The van der Waals surface area contributed by atoms with E-state index in [2.05, 4.69) is 13.8 Å². The molecule has 0 saturated carbocycles. The minimum Gasteiger partial charge on any atom is -0.303 e. The van der Waals surface area contributed by atoms with Crippen molar-refractivity contribution >= 4 is 6.29 Å². The van der Waals surface area contributed by atoms with Gasteiger partial charge in [0, 0.05) is 5.92 Å². The fraction of sp³-hybridized carbons (Fsp3) is 0.955. The Bertz CT molecular complexity index is 224. The zero-order chi connectivity index (χ0) is 17.0. The minimum absolute atomic E-state index is 0.343. The minimum atomic E-state index is 0.343. The summed E-state index contributed by atoms with van der Waals surface area (Å²) < 4.78 is 0. The van der Waals surface area contributed by atoms with Gasteiger partial charge >= 0.3 is 0 Å². The van der Waals surface area contributed by atoms with Gasteiger partial charge in [-0.1, -0.05) is 117 Å². The molecule has 1 nitrogen and oxygen atoms in total. The number of carbonyl (C=O) groups excluding carboxylic acids is 1. The molecule has 0 bridgehead atoms. The first-order valence-electron chi connectivity index (χ1n) is 10.8. The molecule has 0 unspecified atom stereocenters. The highest BCUT2D eigenvalue weighted by atomic mass is 16.1. The summed E-state index contributed by atoms with van der Waals surface area (Å²) in [6.45, 7) is 4.53. The Morgan fingerprint density at radius 1 is 0.522 bits per heavy atom. The third-order valence-electron chi connectivity index (χ3n) is 5.05. The summed E-state index contributed by atoms with van der Waals surface area (Å²) in [5.74, 6) is 0.343. The van der Waals surface area contributed by atoms with Crippen molar-refractivity contribution in [1.82, 2.24) is 0 Å². The lowest BCUT2D eigenvalue weighted by Gasteiger charge is -2.10. The molecule has 0 saturated heterocycles. The van der Waals surface area contributed by atoms with Gasteiger partial charge in [-0.25, -0.2) is 0 Å². The van der Waals surface area contributed by atoms with Crippen LogP contribution in [0.4, 0.5) is 0 Å². The Labute approximate surface area is 147 Å². The maximum Gasteiger partial charge on any atom is 0.123 e. The predicted octanol–water partition coefficient (Wildman–Crippen LogP) is 7.86. The third-order valence-corrected chi connectivity index (χ3v) is 5.05. The average Bonchev–Trinajstić information content (AvgIpc) is 2.57. The van der Waals surface area contributed by atoms with E-state index in [0.29, 0.717) is 5.92 Å². The highest BCUT2D eigenvalue weighted by Crippen LogP contribution is 2.18. The summed E-state index contributed by atoms with van der Waals surface area (Å²) >= 11 is 0. The monoisotopic (exact) mass is 324 g/mol. The van der Waals surface area contributed by atoms with Crippen LogP contribution in [0, 0.1) is 5.92 Å². The Balaban J connectivity index is 3.26. The first-order valence-corrected chi connectivity index (χ1v) is 10.8. The van der Waals surface area contributed by atoms with Crippen molar-refractivity contribution in [3.05, 3.63) is 0 Å². The second-order valence-electron chi connectivity index (χ2n) is 7.42. The van der Waals surface area contributed by atoms with Crippen molar-refractivity contribution in [3.8, 4) is 0 Å². The highest BCUT2D eigenvalue weighted by Gasteiger charge is 2.06. The largest absolute Gasteiger partial charge is 0.303 e. The lowest BCUT2D eigenvalue weighted by molar-refractivity contribution is -0.111. The normalized spacial score (nSPS) is 12.4. The van der Waals surface area contributed by atoms with Crippen LogP contribution in [-0.2, 0) is 4.79 Å². The van der Waals surface area contributed by atoms with Crippen LogP contribution in [-0.4, -0.2) is 6.29 Å². The van der Waals surface area contributed by atoms with Gasteiger partial charge in [-0.3, -0.25) is 0 Å². The molecule has 138 valence electrons. The number of aldehydes is 1. The molecule has 0 aromatic carbocycles. The highest BCUT2D eigenvalue weighted by molar-refractivity contribution is 5.53. The summed E-state index contributed by atoms with van der Waals surface area (Å²) in [6.07, 6.45) is 25.3. The summed E-state index contributed by atoms with van der Waals surface area (Å²) in [5, 5.41) is 0. The topological polar surface area (TPSA) is 17.1 Å². The molecule has 0 aromatic rings. The summed E-state index contributed by atoms with van der Waals surface area (Å²) in [6, 6.07) is 0. The molecule has 0 aliphatic carbocycles. The molecule has 0 aliphatic heterocycles. The fourth-order valence-corrected chi connectivity index (χ4v) is 3.36. The summed E-state index contributed by atoms with van der Waals surface area (Å²) in [7, 11) is 0. The van der Waals surface area contributed by atoms with Gasteiger partial charge in [0.25, 0.3) is 0 Å². The molecular formula is C22H44O. The number of carbonyl (C=O) groups is 1. The Kier molecular flexibility index (Phi) is 19.4. The number of hydrogen-bond acceptors (Lipinski definition) is 1. The predicted molar refractivity (Wildman–Crippen MR) is 104 cm³/mol. The van der Waals surface area contributed by atoms with E-state index >= 15 is 0 Å². The number of unbranched alkanes of at least 4 members (excludes halogenated alkanes) is 14. The van der Waals surface area contributed by atoms with Crippen molar-refractivity contribution in [2.75, 3.05) is 0 Å². The summed E-state index contributed by atoms with van der Waals surface area (Å²) in [4.78, 5) is 11.1. The van der Waals surface area contributed by atoms with Crippen LogP contribution >= 0.6 is 0 Å². The first-order chi connectivity index (χ1) is 11.3. The van der Waals surface area contributed by atoms with E-state index in [4.69, 9.17) is 0 Å². The Morgan fingerprint density at radius 2 is 0.826 bits per heavy atom. The van der Waals surface area contributed by atoms with Crippen molar-refractivity contribution in [3.63, 3.8) is 0 Å².